The summed E-state index contributed by atoms with van der Waals surface area (Å²) >= 11 is 0. The van der Waals surface area contributed by atoms with Crippen molar-refractivity contribution < 1.29 is 34.7 Å². The first-order valence-corrected chi connectivity index (χ1v) is 11.3. The fourth-order valence-corrected chi connectivity index (χ4v) is 4.00. The summed E-state index contributed by atoms with van der Waals surface area (Å²) in [7, 11) is 1.43. The van der Waals surface area contributed by atoms with Crippen molar-refractivity contribution >= 4 is 5.78 Å². The molecule has 2 aromatic carbocycles. The van der Waals surface area contributed by atoms with E-state index in [2.05, 4.69) is 6.58 Å². The summed E-state index contributed by atoms with van der Waals surface area (Å²) < 4.78 is 11.1. The molecule has 2 aromatic rings. The van der Waals surface area contributed by atoms with E-state index in [-0.39, 0.29) is 46.5 Å². The lowest BCUT2D eigenvalue weighted by Crippen LogP contribution is -2.21. The molecule has 34 heavy (non-hydrogen) atoms. The Hall–Kier alpha value is -3.45. The summed E-state index contributed by atoms with van der Waals surface area (Å²) in [5.74, 6) is -0.338. The molecule has 0 aliphatic carbocycles. The first-order valence-electron chi connectivity index (χ1n) is 11.3. The Bertz CT molecular complexity index is 1120. The Kier molecular flexibility index (Phi) is 7.89. The summed E-state index contributed by atoms with van der Waals surface area (Å²) in [5.41, 5.74) is 2.82. The van der Waals surface area contributed by atoms with Gasteiger partial charge in [-0.2, -0.15) is 0 Å². The maximum absolute atomic E-state index is 12.9. The van der Waals surface area contributed by atoms with Crippen molar-refractivity contribution in [1.82, 2.24) is 0 Å². The van der Waals surface area contributed by atoms with E-state index in [4.69, 9.17) is 9.47 Å². The highest BCUT2D eigenvalue weighted by Gasteiger charge is 2.33. The SMILES string of the molecule is C=C(C)[C@H](O)CCC(C)=CCCc1c(O)cc2c(c1O)C(=O)C[C@@H](c1ccc(O)c(OC)c1)O2. The van der Waals surface area contributed by atoms with E-state index in [9.17, 15) is 25.2 Å². The van der Waals surface area contributed by atoms with Gasteiger partial charge in [0.1, 0.15) is 28.9 Å². The van der Waals surface area contributed by atoms with Gasteiger partial charge >= 0.3 is 0 Å². The molecule has 1 heterocycles. The number of aliphatic hydroxyl groups is 1. The van der Waals surface area contributed by atoms with E-state index < -0.39 is 12.2 Å². The number of ether oxygens (including phenoxy) is 2. The Labute approximate surface area is 199 Å². The standard InChI is InChI=1S/C27H32O7/c1-15(2)19(28)10-8-16(3)6-5-7-18-21(30)13-25-26(27(18)32)22(31)14-23(34-25)17-9-11-20(29)24(12-17)33-4/h6,9,11-13,19,23,28-30,32H,1,5,7-8,10,14H2,2-4H3/t19-,23+/m1/s1. The summed E-state index contributed by atoms with van der Waals surface area (Å²) in [5, 5.41) is 41.0. The predicted octanol–water partition coefficient (Wildman–Crippen LogP) is 5.11. The molecule has 0 fully saturated rings. The van der Waals surface area contributed by atoms with Gasteiger partial charge in [0.15, 0.2) is 17.3 Å². The largest absolute Gasteiger partial charge is 0.507 e. The molecule has 2 atom stereocenters. The average Bonchev–Trinajstić information content (AvgIpc) is 2.79. The molecular formula is C27H32O7. The number of ketones is 1. The molecule has 0 bridgehead atoms. The van der Waals surface area contributed by atoms with Gasteiger partial charge in [-0.1, -0.05) is 29.9 Å². The van der Waals surface area contributed by atoms with Gasteiger partial charge in [0.25, 0.3) is 0 Å². The highest BCUT2D eigenvalue weighted by Crippen LogP contribution is 2.45. The van der Waals surface area contributed by atoms with Crippen LogP contribution in [0.4, 0.5) is 0 Å². The quantitative estimate of drug-likeness (QED) is 0.378. The molecule has 1 aliphatic heterocycles. The minimum atomic E-state index is -0.640. The third kappa shape index (κ3) is 5.54. The number of allylic oxidation sites excluding steroid dienone is 2. The zero-order chi connectivity index (χ0) is 25.0. The number of Topliss-reactive ketones (excluding diaryl/α,β-unsaturated/α-hetero) is 1. The number of aromatic hydroxyl groups is 3. The number of methoxy groups -OCH3 is 1. The van der Waals surface area contributed by atoms with Gasteiger partial charge in [-0.05, 0) is 57.2 Å². The molecule has 3 rings (SSSR count). The number of phenols is 3. The van der Waals surface area contributed by atoms with Crippen molar-refractivity contribution in [1.29, 1.82) is 0 Å². The van der Waals surface area contributed by atoms with Crippen LogP contribution in [0.2, 0.25) is 0 Å². The number of phenolic OH excluding ortho intramolecular Hbond substituents is 3. The lowest BCUT2D eigenvalue weighted by atomic mass is 9.92. The van der Waals surface area contributed by atoms with E-state index in [0.29, 0.717) is 36.8 Å². The fraction of sp³-hybridized carbons (Fsp3) is 0.370. The van der Waals surface area contributed by atoms with Crippen LogP contribution in [-0.4, -0.2) is 39.4 Å². The maximum atomic E-state index is 12.9. The van der Waals surface area contributed by atoms with Crippen LogP contribution in [0.25, 0.3) is 0 Å². The van der Waals surface area contributed by atoms with Crippen molar-refractivity contribution in [2.45, 2.75) is 58.2 Å². The third-order valence-corrected chi connectivity index (χ3v) is 6.11. The van der Waals surface area contributed by atoms with Crippen LogP contribution in [0.3, 0.4) is 0 Å². The molecule has 0 radical (unpaired) electrons. The minimum absolute atomic E-state index is 0.00274. The monoisotopic (exact) mass is 468 g/mol. The summed E-state index contributed by atoms with van der Waals surface area (Å²) in [6.07, 6.45) is 3.03. The lowest BCUT2D eigenvalue weighted by molar-refractivity contribution is 0.0844. The van der Waals surface area contributed by atoms with E-state index in [1.165, 1.54) is 19.2 Å². The molecule has 0 spiro atoms. The molecular weight excluding hydrogens is 436 g/mol. The zero-order valence-electron chi connectivity index (χ0n) is 19.8. The summed E-state index contributed by atoms with van der Waals surface area (Å²) in [4.78, 5) is 12.9. The minimum Gasteiger partial charge on any atom is -0.507 e. The van der Waals surface area contributed by atoms with Gasteiger partial charge in [0, 0.05) is 11.6 Å². The molecule has 0 saturated carbocycles. The average molecular weight is 469 g/mol. The second kappa shape index (κ2) is 10.7. The molecule has 4 N–H and O–H groups in total. The van der Waals surface area contributed by atoms with Crippen LogP contribution in [0.15, 0.2) is 48.1 Å². The number of benzene rings is 2. The number of aliphatic hydroxyl groups excluding tert-OH is 1. The number of rotatable bonds is 9. The summed E-state index contributed by atoms with van der Waals surface area (Å²) in [6.45, 7) is 7.51. The topological polar surface area (TPSA) is 116 Å². The molecule has 0 amide bonds. The number of hydrogen-bond acceptors (Lipinski definition) is 7. The number of fused-ring (bicyclic) bond motifs is 1. The van der Waals surface area contributed by atoms with Gasteiger partial charge < -0.3 is 29.9 Å². The van der Waals surface area contributed by atoms with Gasteiger partial charge in [0.2, 0.25) is 0 Å². The van der Waals surface area contributed by atoms with Crippen LogP contribution in [0.1, 0.15) is 67.1 Å². The van der Waals surface area contributed by atoms with Crippen LogP contribution in [-0.2, 0) is 6.42 Å². The number of carbonyl (C=O) groups excluding carboxylic acids is 1. The fourth-order valence-electron chi connectivity index (χ4n) is 4.00. The predicted molar refractivity (Wildman–Crippen MR) is 129 cm³/mol. The molecule has 1 aliphatic rings. The molecule has 7 heteroatoms. The summed E-state index contributed by atoms with van der Waals surface area (Å²) in [6, 6.07) is 6.06. The normalized spacial score (nSPS) is 16.5. The number of hydrogen-bond donors (Lipinski definition) is 4. The first-order chi connectivity index (χ1) is 16.1. The van der Waals surface area contributed by atoms with Crippen LogP contribution in [0.5, 0.6) is 28.7 Å². The second-order valence-electron chi connectivity index (χ2n) is 8.75. The number of carbonyl (C=O) groups is 1. The Morgan fingerprint density at radius 1 is 1.24 bits per heavy atom. The van der Waals surface area contributed by atoms with Crippen LogP contribution >= 0.6 is 0 Å². The maximum Gasteiger partial charge on any atom is 0.174 e. The molecule has 0 unspecified atom stereocenters. The van der Waals surface area contributed by atoms with Crippen molar-refractivity contribution in [2.24, 2.45) is 0 Å². The molecule has 0 saturated heterocycles. The van der Waals surface area contributed by atoms with Crippen molar-refractivity contribution in [2.75, 3.05) is 7.11 Å². The highest BCUT2D eigenvalue weighted by molar-refractivity contribution is 6.03. The van der Waals surface area contributed by atoms with Crippen LogP contribution < -0.4 is 9.47 Å². The van der Waals surface area contributed by atoms with E-state index in [1.54, 1.807) is 19.1 Å². The zero-order valence-corrected chi connectivity index (χ0v) is 19.8. The smallest absolute Gasteiger partial charge is 0.174 e. The molecule has 182 valence electrons. The van der Waals surface area contributed by atoms with Crippen molar-refractivity contribution in [3.63, 3.8) is 0 Å². The Morgan fingerprint density at radius 3 is 2.65 bits per heavy atom. The van der Waals surface area contributed by atoms with Crippen molar-refractivity contribution in [3.8, 4) is 28.7 Å². The van der Waals surface area contributed by atoms with E-state index in [1.807, 2.05) is 13.0 Å². The Balaban J connectivity index is 1.75. The van der Waals surface area contributed by atoms with Gasteiger partial charge in [-0.25, -0.2) is 0 Å². The Morgan fingerprint density at radius 2 is 1.97 bits per heavy atom. The lowest BCUT2D eigenvalue weighted by Gasteiger charge is -2.27. The molecule has 7 nitrogen and oxygen atoms in total. The van der Waals surface area contributed by atoms with Crippen LogP contribution in [0, 0.1) is 0 Å². The second-order valence-corrected chi connectivity index (χ2v) is 8.75. The van der Waals surface area contributed by atoms with E-state index in [0.717, 1.165) is 11.1 Å². The van der Waals surface area contributed by atoms with E-state index >= 15 is 0 Å². The van der Waals surface area contributed by atoms with Gasteiger partial charge in [-0.3, -0.25) is 4.79 Å². The highest BCUT2D eigenvalue weighted by atomic mass is 16.5. The first kappa shape index (κ1) is 25.2. The van der Waals surface area contributed by atoms with Crippen molar-refractivity contribution in [3.05, 3.63) is 64.8 Å². The van der Waals surface area contributed by atoms with Gasteiger partial charge in [0.05, 0.1) is 19.6 Å². The third-order valence-electron chi connectivity index (χ3n) is 6.11. The van der Waals surface area contributed by atoms with Gasteiger partial charge in [-0.15, -0.1) is 0 Å². The molecule has 0 aromatic heterocycles.